The van der Waals surface area contributed by atoms with E-state index in [9.17, 15) is 4.79 Å². The maximum Gasteiger partial charge on any atom is 0.337 e. The number of nitrogens with zero attached hydrogens (tertiary/aromatic N) is 2. The van der Waals surface area contributed by atoms with Crippen LogP contribution in [0.15, 0.2) is 67.1 Å². The quantitative estimate of drug-likeness (QED) is 0.413. The van der Waals surface area contributed by atoms with Crippen LogP contribution in [0.5, 0.6) is 0 Å². The molecular formula is C22H21N5O2. The zero-order valence-corrected chi connectivity index (χ0v) is 16.0. The summed E-state index contributed by atoms with van der Waals surface area (Å²) in [6.45, 7) is 0.746. The van der Waals surface area contributed by atoms with E-state index in [1.54, 1.807) is 18.2 Å². The predicted octanol–water partition coefficient (Wildman–Crippen LogP) is 4.14. The second kappa shape index (κ2) is 8.43. The minimum Gasteiger partial charge on any atom is -0.465 e. The molecule has 146 valence electrons. The summed E-state index contributed by atoms with van der Waals surface area (Å²) in [5, 5.41) is 7.76. The molecule has 7 nitrogen and oxygen atoms in total. The molecule has 0 amide bonds. The molecule has 0 bridgehead atoms. The van der Waals surface area contributed by atoms with Crippen LogP contribution in [0.2, 0.25) is 0 Å². The van der Waals surface area contributed by atoms with Gasteiger partial charge in [-0.3, -0.25) is 0 Å². The minimum absolute atomic E-state index is 0.379. The Morgan fingerprint density at radius 2 is 1.93 bits per heavy atom. The Hall–Kier alpha value is -3.87. The number of ether oxygens (including phenoxy) is 1. The third-order valence-electron chi connectivity index (χ3n) is 4.60. The Morgan fingerprint density at radius 3 is 2.83 bits per heavy atom. The largest absolute Gasteiger partial charge is 0.465 e. The Morgan fingerprint density at radius 1 is 1.07 bits per heavy atom. The number of hydrogen-bond donors (Lipinski definition) is 3. The molecule has 0 radical (unpaired) electrons. The van der Waals surface area contributed by atoms with Crippen LogP contribution in [-0.4, -0.2) is 34.6 Å². The van der Waals surface area contributed by atoms with Crippen molar-refractivity contribution >= 4 is 34.2 Å². The Labute approximate surface area is 168 Å². The highest BCUT2D eigenvalue weighted by atomic mass is 16.5. The summed E-state index contributed by atoms with van der Waals surface area (Å²) in [4.78, 5) is 23.5. The molecule has 3 N–H and O–H groups in total. The predicted molar refractivity (Wildman–Crippen MR) is 114 cm³/mol. The lowest BCUT2D eigenvalue weighted by Gasteiger charge is -2.09. The highest BCUT2D eigenvalue weighted by molar-refractivity contribution is 5.90. The van der Waals surface area contributed by atoms with Gasteiger partial charge in [-0.1, -0.05) is 24.3 Å². The lowest BCUT2D eigenvalue weighted by molar-refractivity contribution is 0.0601. The first-order chi connectivity index (χ1) is 14.2. The summed E-state index contributed by atoms with van der Waals surface area (Å²) in [6.07, 6.45) is 4.42. The number of carbonyl (C=O) groups excluding carboxylic acids is 1. The summed E-state index contributed by atoms with van der Waals surface area (Å²) in [7, 11) is 1.36. The van der Waals surface area contributed by atoms with Crippen molar-refractivity contribution in [3.8, 4) is 0 Å². The average molecular weight is 387 g/mol. The van der Waals surface area contributed by atoms with Gasteiger partial charge in [0.2, 0.25) is 0 Å². The van der Waals surface area contributed by atoms with Gasteiger partial charge in [-0.15, -0.1) is 0 Å². The van der Waals surface area contributed by atoms with Gasteiger partial charge < -0.3 is 20.4 Å². The molecule has 29 heavy (non-hydrogen) atoms. The number of fused-ring (bicyclic) bond motifs is 1. The van der Waals surface area contributed by atoms with Crippen LogP contribution < -0.4 is 10.6 Å². The highest BCUT2D eigenvalue weighted by Gasteiger charge is 2.07. The Kier molecular flexibility index (Phi) is 5.38. The van der Waals surface area contributed by atoms with Crippen LogP contribution in [-0.2, 0) is 11.2 Å². The van der Waals surface area contributed by atoms with Gasteiger partial charge in [0.15, 0.2) is 0 Å². The van der Waals surface area contributed by atoms with Crippen molar-refractivity contribution in [3.05, 3.63) is 78.2 Å². The van der Waals surface area contributed by atoms with Gasteiger partial charge in [0, 0.05) is 35.4 Å². The number of carbonyl (C=O) groups is 1. The standard InChI is InChI=1S/C22H21N5O2/c1-29-22(28)15-5-4-6-17(11-15)27-21-12-20(25-14-26-21)23-10-9-16-13-24-19-8-3-2-7-18(16)19/h2-8,11-14,24H,9-10H2,1H3,(H2,23,25,26,27). The number of methoxy groups -OCH3 is 1. The Balaban J connectivity index is 1.39. The van der Waals surface area contributed by atoms with Crippen molar-refractivity contribution < 1.29 is 9.53 Å². The van der Waals surface area contributed by atoms with Crippen LogP contribution in [0.4, 0.5) is 17.3 Å². The molecule has 0 saturated heterocycles. The van der Waals surface area contributed by atoms with E-state index in [4.69, 9.17) is 4.74 Å². The third-order valence-corrected chi connectivity index (χ3v) is 4.60. The lowest BCUT2D eigenvalue weighted by Crippen LogP contribution is -2.07. The molecule has 0 atom stereocenters. The SMILES string of the molecule is COC(=O)c1cccc(Nc2cc(NCCc3c[nH]c4ccccc34)ncn2)c1. The molecule has 7 heteroatoms. The molecule has 2 aromatic carbocycles. The molecule has 0 saturated carbocycles. The van der Waals surface area contributed by atoms with E-state index in [0.29, 0.717) is 11.4 Å². The smallest absolute Gasteiger partial charge is 0.337 e. The first-order valence-electron chi connectivity index (χ1n) is 9.29. The fourth-order valence-electron chi connectivity index (χ4n) is 3.18. The number of anilines is 3. The van der Waals surface area contributed by atoms with Crippen LogP contribution in [0.1, 0.15) is 15.9 Å². The van der Waals surface area contributed by atoms with E-state index in [0.717, 1.165) is 30.0 Å². The van der Waals surface area contributed by atoms with Gasteiger partial charge in [-0.25, -0.2) is 14.8 Å². The summed E-state index contributed by atoms with van der Waals surface area (Å²) in [6, 6.07) is 17.2. The highest BCUT2D eigenvalue weighted by Crippen LogP contribution is 2.20. The third kappa shape index (κ3) is 4.35. The molecule has 4 rings (SSSR count). The van der Waals surface area contributed by atoms with Crippen LogP contribution in [0.3, 0.4) is 0 Å². The van der Waals surface area contributed by atoms with E-state index < -0.39 is 0 Å². The van der Waals surface area contributed by atoms with Crippen LogP contribution in [0, 0.1) is 0 Å². The van der Waals surface area contributed by atoms with Crippen molar-refractivity contribution in [1.82, 2.24) is 15.0 Å². The van der Waals surface area contributed by atoms with E-state index in [1.807, 2.05) is 30.5 Å². The molecule has 0 spiro atoms. The van der Waals surface area contributed by atoms with E-state index in [1.165, 1.54) is 24.4 Å². The van der Waals surface area contributed by atoms with Crippen LogP contribution >= 0.6 is 0 Å². The summed E-state index contributed by atoms with van der Waals surface area (Å²) < 4.78 is 4.76. The molecule has 0 aliphatic heterocycles. The zero-order chi connectivity index (χ0) is 20.1. The number of rotatable bonds is 7. The maximum atomic E-state index is 11.7. The number of benzene rings is 2. The van der Waals surface area contributed by atoms with Gasteiger partial charge in [0.1, 0.15) is 18.0 Å². The first-order valence-corrected chi connectivity index (χ1v) is 9.29. The number of aromatic amines is 1. The number of aromatic nitrogens is 3. The molecule has 0 aliphatic rings. The monoisotopic (exact) mass is 387 g/mol. The van der Waals surface area contributed by atoms with Gasteiger partial charge in [0.05, 0.1) is 12.7 Å². The van der Waals surface area contributed by atoms with Crippen molar-refractivity contribution in [2.24, 2.45) is 0 Å². The van der Waals surface area contributed by atoms with Gasteiger partial charge in [-0.05, 0) is 36.2 Å². The number of H-pyrrole nitrogens is 1. The van der Waals surface area contributed by atoms with Crippen molar-refractivity contribution in [2.75, 3.05) is 24.3 Å². The summed E-state index contributed by atoms with van der Waals surface area (Å²) in [5.41, 5.74) is 3.63. The van der Waals surface area contributed by atoms with Crippen molar-refractivity contribution in [1.29, 1.82) is 0 Å². The van der Waals surface area contributed by atoms with Crippen molar-refractivity contribution in [3.63, 3.8) is 0 Å². The maximum absolute atomic E-state index is 11.7. The second-order valence-corrected chi connectivity index (χ2v) is 6.52. The molecule has 4 aromatic rings. The fourth-order valence-corrected chi connectivity index (χ4v) is 3.18. The van der Waals surface area contributed by atoms with Crippen LogP contribution in [0.25, 0.3) is 10.9 Å². The number of nitrogens with one attached hydrogen (secondary N) is 3. The summed E-state index contributed by atoms with van der Waals surface area (Å²) in [5.74, 6) is 0.985. The second-order valence-electron chi connectivity index (χ2n) is 6.52. The topological polar surface area (TPSA) is 91.9 Å². The number of hydrogen-bond acceptors (Lipinski definition) is 6. The molecule has 2 heterocycles. The molecular weight excluding hydrogens is 366 g/mol. The molecule has 0 fully saturated rings. The van der Waals surface area contributed by atoms with Gasteiger partial charge in [0.25, 0.3) is 0 Å². The van der Waals surface area contributed by atoms with E-state index >= 15 is 0 Å². The molecule has 0 aliphatic carbocycles. The molecule has 2 aromatic heterocycles. The lowest BCUT2D eigenvalue weighted by atomic mass is 10.1. The molecule has 0 unspecified atom stereocenters. The average Bonchev–Trinajstić information content (AvgIpc) is 3.17. The Bertz CT molecular complexity index is 1140. The van der Waals surface area contributed by atoms with E-state index in [2.05, 4.69) is 37.7 Å². The number of esters is 1. The number of para-hydroxylation sites is 1. The zero-order valence-electron chi connectivity index (χ0n) is 16.0. The van der Waals surface area contributed by atoms with Gasteiger partial charge in [-0.2, -0.15) is 0 Å². The van der Waals surface area contributed by atoms with Crippen molar-refractivity contribution in [2.45, 2.75) is 6.42 Å². The fraction of sp³-hybridized carbons (Fsp3) is 0.136. The first kappa shape index (κ1) is 18.5. The van der Waals surface area contributed by atoms with Gasteiger partial charge >= 0.3 is 5.97 Å². The summed E-state index contributed by atoms with van der Waals surface area (Å²) >= 11 is 0. The minimum atomic E-state index is -0.379. The van der Waals surface area contributed by atoms with E-state index in [-0.39, 0.29) is 5.97 Å². The normalized spacial score (nSPS) is 10.7.